The lowest BCUT2D eigenvalue weighted by molar-refractivity contribution is 0.128. The van der Waals surface area contributed by atoms with Gasteiger partial charge in [-0.2, -0.15) is 4.41 Å². The highest BCUT2D eigenvalue weighted by atomic mass is 32.2. The Hall–Kier alpha value is -1.67. The monoisotopic (exact) mass is 357 g/mol. The highest BCUT2D eigenvalue weighted by molar-refractivity contribution is 7.96. The van der Waals surface area contributed by atoms with E-state index in [4.69, 9.17) is 14.2 Å². The minimum Gasteiger partial charge on any atom is -0.493 e. The van der Waals surface area contributed by atoms with E-state index in [1.807, 2.05) is 6.92 Å². The van der Waals surface area contributed by atoms with Crippen molar-refractivity contribution in [1.29, 1.82) is 0 Å². The number of nitrogens with one attached hydrogen (secondary N) is 1. The van der Waals surface area contributed by atoms with Crippen LogP contribution in [0.15, 0.2) is 17.3 Å². The van der Waals surface area contributed by atoms with E-state index in [1.165, 1.54) is 11.9 Å². The zero-order valence-corrected chi connectivity index (χ0v) is 15.6. The van der Waals surface area contributed by atoms with Crippen LogP contribution in [0.2, 0.25) is 0 Å². The number of aromatic nitrogens is 1. The summed E-state index contributed by atoms with van der Waals surface area (Å²) in [6.07, 6.45) is 4.94. The van der Waals surface area contributed by atoms with E-state index < -0.39 is 6.09 Å². The van der Waals surface area contributed by atoms with Crippen LogP contribution in [0.1, 0.15) is 39.5 Å². The van der Waals surface area contributed by atoms with Crippen molar-refractivity contribution in [3.8, 4) is 11.5 Å². The molecule has 7 nitrogen and oxygen atoms in total. The second kappa shape index (κ2) is 11.8. The molecular formula is C16H27N3O4S. The van der Waals surface area contributed by atoms with Crippen LogP contribution in [-0.4, -0.2) is 42.9 Å². The number of hydrogen-bond donors (Lipinski definition) is 1. The van der Waals surface area contributed by atoms with Crippen molar-refractivity contribution in [1.82, 2.24) is 14.8 Å². The second-order valence-electron chi connectivity index (χ2n) is 5.03. The van der Waals surface area contributed by atoms with Gasteiger partial charge >= 0.3 is 6.09 Å². The lowest BCUT2D eigenvalue weighted by Crippen LogP contribution is -2.38. The lowest BCUT2D eigenvalue weighted by atomic mass is 10.3. The maximum Gasteiger partial charge on any atom is 0.422 e. The van der Waals surface area contributed by atoms with Gasteiger partial charge < -0.3 is 14.2 Å². The van der Waals surface area contributed by atoms with Gasteiger partial charge in [0, 0.05) is 12.6 Å². The number of nitrogens with zero attached hydrogens (tertiary/aromatic N) is 2. The number of carbonyl (C=O) groups is 1. The van der Waals surface area contributed by atoms with Crippen LogP contribution in [0, 0.1) is 0 Å². The Labute approximate surface area is 148 Å². The van der Waals surface area contributed by atoms with E-state index in [1.54, 1.807) is 30.9 Å². The van der Waals surface area contributed by atoms with Crippen LogP contribution in [0.4, 0.5) is 4.79 Å². The second-order valence-corrected chi connectivity index (χ2v) is 6.07. The Morgan fingerprint density at radius 1 is 1.21 bits per heavy atom. The zero-order valence-electron chi connectivity index (χ0n) is 14.8. The van der Waals surface area contributed by atoms with E-state index in [-0.39, 0.29) is 0 Å². The van der Waals surface area contributed by atoms with Gasteiger partial charge in [-0.1, -0.05) is 26.7 Å². The predicted molar refractivity (Wildman–Crippen MR) is 94.2 cm³/mol. The molecule has 0 spiro atoms. The highest BCUT2D eigenvalue weighted by Crippen LogP contribution is 2.30. The van der Waals surface area contributed by atoms with Crippen LogP contribution in [-0.2, 0) is 4.74 Å². The average Bonchev–Trinajstić information content (AvgIpc) is 2.59. The summed E-state index contributed by atoms with van der Waals surface area (Å²) < 4.78 is 17.3. The van der Waals surface area contributed by atoms with Gasteiger partial charge in [0.15, 0.2) is 11.5 Å². The molecule has 0 aromatic carbocycles. The van der Waals surface area contributed by atoms with E-state index in [0.717, 1.165) is 25.7 Å². The fourth-order valence-corrected chi connectivity index (χ4v) is 2.58. The van der Waals surface area contributed by atoms with E-state index in [2.05, 4.69) is 17.3 Å². The van der Waals surface area contributed by atoms with E-state index >= 15 is 0 Å². The number of hydrogen-bond acceptors (Lipinski definition) is 7. The molecule has 0 atom stereocenters. The minimum atomic E-state index is -0.451. The molecule has 1 N–H and O–H groups in total. The number of unbranched alkanes of at least 4 members (excludes halogenated alkanes) is 2. The molecule has 0 saturated heterocycles. The first-order valence-corrected chi connectivity index (χ1v) is 8.88. The topological polar surface area (TPSA) is 72.9 Å². The van der Waals surface area contributed by atoms with Gasteiger partial charge in [0.1, 0.15) is 5.03 Å². The van der Waals surface area contributed by atoms with E-state index in [9.17, 15) is 4.79 Å². The summed E-state index contributed by atoms with van der Waals surface area (Å²) in [5, 5.41) is 0.692. The van der Waals surface area contributed by atoms with Crippen molar-refractivity contribution in [2.75, 3.05) is 27.4 Å². The number of amides is 1. The zero-order chi connectivity index (χ0) is 17.8. The molecule has 1 aromatic rings. The molecule has 0 bridgehead atoms. The summed E-state index contributed by atoms with van der Waals surface area (Å²) >= 11 is 1.32. The molecule has 1 amide bonds. The molecule has 0 aliphatic carbocycles. The minimum absolute atomic E-state index is 0.420. The Morgan fingerprint density at radius 2 is 1.92 bits per heavy atom. The molecule has 24 heavy (non-hydrogen) atoms. The van der Waals surface area contributed by atoms with Crippen molar-refractivity contribution in [3.05, 3.63) is 12.3 Å². The van der Waals surface area contributed by atoms with Crippen LogP contribution in [0.5, 0.6) is 11.5 Å². The highest BCUT2D eigenvalue weighted by Gasteiger charge is 2.14. The number of methoxy groups -OCH3 is 2. The Balaban J connectivity index is 2.69. The number of ether oxygens (including phenoxy) is 3. The molecule has 0 fully saturated rings. The Bertz CT molecular complexity index is 502. The third kappa shape index (κ3) is 7.27. The molecule has 0 aliphatic heterocycles. The smallest absolute Gasteiger partial charge is 0.422 e. The lowest BCUT2D eigenvalue weighted by Gasteiger charge is -2.21. The summed E-state index contributed by atoms with van der Waals surface area (Å²) in [5.74, 6) is 1.16. The van der Waals surface area contributed by atoms with Crippen LogP contribution < -0.4 is 14.9 Å². The Kier molecular flexibility index (Phi) is 10.0. The average molecular weight is 357 g/mol. The van der Waals surface area contributed by atoms with Gasteiger partial charge in [0.25, 0.3) is 0 Å². The van der Waals surface area contributed by atoms with Crippen LogP contribution in [0.3, 0.4) is 0 Å². The number of rotatable bonds is 11. The fraction of sp³-hybridized carbons (Fsp3) is 0.625. The first-order chi connectivity index (χ1) is 11.6. The van der Waals surface area contributed by atoms with Crippen molar-refractivity contribution in [2.24, 2.45) is 0 Å². The van der Waals surface area contributed by atoms with Crippen molar-refractivity contribution in [2.45, 2.75) is 44.6 Å². The summed E-state index contributed by atoms with van der Waals surface area (Å²) in [4.78, 5) is 16.2. The first kappa shape index (κ1) is 20.4. The van der Waals surface area contributed by atoms with Crippen LogP contribution in [0.25, 0.3) is 0 Å². The summed E-state index contributed by atoms with van der Waals surface area (Å²) in [5.41, 5.74) is 2.75. The third-order valence-electron chi connectivity index (χ3n) is 3.11. The maximum absolute atomic E-state index is 11.9. The molecule has 1 rings (SSSR count). The van der Waals surface area contributed by atoms with E-state index in [0.29, 0.717) is 29.7 Å². The largest absolute Gasteiger partial charge is 0.493 e. The summed E-state index contributed by atoms with van der Waals surface area (Å²) in [7, 11) is 3.14. The molecule has 1 heterocycles. The normalized spacial score (nSPS) is 10.5. The molecule has 0 saturated carbocycles. The van der Waals surface area contributed by atoms with Gasteiger partial charge in [-0.15, -0.1) is 0 Å². The standard InChI is InChI=1S/C16H27N3O4S/c1-5-7-9-19(18-16(20)23-10-8-6-2)24-15-11-13(21-3)14(22-4)12-17-15/h11-12H,5-10H2,1-4H3,(H,18,20). The third-order valence-corrected chi connectivity index (χ3v) is 4.02. The number of hydrazine groups is 1. The van der Waals surface area contributed by atoms with Gasteiger partial charge in [-0.05, 0) is 24.8 Å². The van der Waals surface area contributed by atoms with Gasteiger partial charge in [-0.25, -0.2) is 15.2 Å². The quantitative estimate of drug-likeness (QED) is 0.368. The van der Waals surface area contributed by atoms with Crippen molar-refractivity contribution >= 4 is 18.0 Å². The molecule has 0 unspecified atom stereocenters. The van der Waals surface area contributed by atoms with Crippen molar-refractivity contribution < 1.29 is 19.0 Å². The molecule has 136 valence electrons. The molecule has 0 aliphatic rings. The number of pyridine rings is 1. The number of carbonyl (C=O) groups excluding carboxylic acids is 1. The van der Waals surface area contributed by atoms with Crippen molar-refractivity contribution in [3.63, 3.8) is 0 Å². The summed E-state index contributed by atoms with van der Waals surface area (Å²) in [6.45, 7) is 5.24. The summed E-state index contributed by atoms with van der Waals surface area (Å²) in [6, 6.07) is 1.77. The van der Waals surface area contributed by atoms with Gasteiger partial charge in [0.05, 0.1) is 27.0 Å². The SMILES string of the molecule is CCCCOC(=O)NN(CCCC)Sc1cc(OC)c(OC)cn1. The maximum atomic E-state index is 11.9. The molecule has 0 radical (unpaired) electrons. The Morgan fingerprint density at radius 3 is 2.54 bits per heavy atom. The predicted octanol–water partition coefficient (Wildman–Crippen LogP) is 3.65. The molecule has 1 aromatic heterocycles. The van der Waals surface area contributed by atoms with Gasteiger partial charge in [0.2, 0.25) is 0 Å². The van der Waals surface area contributed by atoms with Gasteiger partial charge in [-0.3, -0.25) is 0 Å². The molecular weight excluding hydrogens is 330 g/mol. The molecule has 8 heteroatoms. The fourth-order valence-electron chi connectivity index (χ4n) is 1.75. The first-order valence-electron chi connectivity index (χ1n) is 8.11. The van der Waals surface area contributed by atoms with Crippen LogP contribution >= 0.6 is 11.9 Å².